The van der Waals surface area contributed by atoms with Crippen molar-refractivity contribution in [3.05, 3.63) is 277 Å². The zero-order valence-electron chi connectivity index (χ0n) is 34.6. The molecule has 0 aliphatic carbocycles. The third kappa shape index (κ3) is 5.80. The molecule has 0 aliphatic rings. The van der Waals surface area contributed by atoms with Crippen LogP contribution in [0, 0.1) is 0 Å². The molecule has 12 aromatic rings. The van der Waals surface area contributed by atoms with Crippen LogP contribution in [0.25, 0.3) is 77.2 Å². The van der Waals surface area contributed by atoms with Gasteiger partial charge in [-0.3, -0.25) is 0 Å². The molecule has 2 heterocycles. The van der Waals surface area contributed by atoms with Crippen molar-refractivity contribution in [3.8, 4) is 33.6 Å². The summed E-state index contributed by atoms with van der Waals surface area (Å²) < 4.78 is 5.00. The minimum absolute atomic E-state index is 0.574. The van der Waals surface area contributed by atoms with Crippen LogP contribution in [0.5, 0.6) is 0 Å². The molecule has 0 N–H and O–H groups in total. The summed E-state index contributed by atoms with van der Waals surface area (Å²) in [6, 6.07) is 93.2. The number of rotatable bonds is 8. The smallest absolute Gasteiger partial charge is 0.0702 e. The maximum absolute atomic E-state index is 2.52. The number of hydrogen-bond donors (Lipinski definition) is 0. The van der Waals surface area contributed by atoms with Crippen molar-refractivity contribution < 1.29 is 0 Å². The fourth-order valence-electron chi connectivity index (χ4n) is 10.4. The fourth-order valence-corrected chi connectivity index (χ4v) is 10.4. The van der Waals surface area contributed by atoms with Gasteiger partial charge in [-0.25, -0.2) is 0 Å². The first-order valence-corrected chi connectivity index (χ1v) is 21.8. The Kier molecular flexibility index (Phi) is 8.76. The fraction of sp³-hybridized carbons (Fsp3) is 0.0164. The van der Waals surface area contributed by atoms with Gasteiger partial charge >= 0.3 is 0 Å². The molecule has 0 fully saturated rings. The monoisotopic (exact) mass is 802 g/mol. The van der Waals surface area contributed by atoms with E-state index in [1.54, 1.807) is 0 Å². The Hall–Kier alpha value is -8.20. The summed E-state index contributed by atoms with van der Waals surface area (Å²) in [6.07, 6.45) is 0. The van der Waals surface area contributed by atoms with Gasteiger partial charge in [-0.15, -0.1) is 0 Å². The molecular formula is C61H42N2. The Balaban J connectivity index is 1.18. The average Bonchev–Trinajstić information content (AvgIpc) is 3.89. The van der Waals surface area contributed by atoms with E-state index < -0.39 is 5.41 Å². The molecule has 0 aliphatic heterocycles. The van der Waals surface area contributed by atoms with Gasteiger partial charge < -0.3 is 9.13 Å². The van der Waals surface area contributed by atoms with Crippen molar-refractivity contribution in [1.82, 2.24) is 9.13 Å². The van der Waals surface area contributed by atoms with Crippen molar-refractivity contribution in [2.24, 2.45) is 0 Å². The highest BCUT2D eigenvalue weighted by Crippen LogP contribution is 2.48. The van der Waals surface area contributed by atoms with E-state index in [0.29, 0.717) is 0 Å². The summed E-state index contributed by atoms with van der Waals surface area (Å²) in [5.74, 6) is 0. The second kappa shape index (κ2) is 15.1. The lowest BCUT2D eigenvalue weighted by Gasteiger charge is -2.37. The van der Waals surface area contributed by atoms with E-state index in [9.17, 15) is 0 Å². The molecule has 0 saturated carbocycles. The molecule has 0 atom stereocenters. The maximum Gasteiger partial charge on any atom is 0.0702 e. The van der Waals surface area contributed by atoms with Crippen LogP contribution < -0.4 is 0 Å². The average molecular weight is 803 g/mol. The standard InChI is InChI=1S/C61H42N2/c1-6-21-43(22-7-1)45-25-18-33-50(41-45)63-56-38-20-36-52(44-23-8-2-9-24-44)58(56)54-39-40-57-59(60(54)63)53-35-16-17-37-55(53)62(57)51-34-19-32-49(42-51)61(46-26-10-3-11-27-46,47-28-12-4-13-29-47)48-30-14-5-15-31-48/h1-42H. The van der Waals surface area contributed by atoms with Crippen LogP contribution in [0.3, 0.4) is 0 Å². The first kappa shape index (κ1) is 36.6. The van der Waals surface area contributed by atoms with E-state index in [0.717, 1.165) is 16.9 Å². The Morgan fingerprint density at radius 2 is 0.746 bits per heavy atom. The molecule has 2 heteroatoms. The molecule has 10 aromatic carbocycles. The molecule has 0 radical (unpaired) electrons. The van der Waals surface area contributed by atoms with Gasteiger partial charge in [0.1, 0.15) is 0 Å². The van der Waals surface area contributed by atoms with Crippen molar-refractivity contribution in [3.63, 3.8) is 0 Å². The number of benzene rings is 10. The topological polar surface area (TPSA) is 9.86 Å². The maximum atomic E-state index is 2.52. The van der Waals surface area contributed by atoms with Crippen LogP contribution in [-0.4, -0.2) is 9.13 Å². The third-order valence-electron chi connectivity index (χ3n) is 13.0. The van der Waals surface area contributed by atoms with Crippen LogP contribution in [0.1, 0.15) is 22.3 Å². The Morgan fingerprint density at radius 1 is 0.270 bits per heavy atom. The van der Waals surface area contributed by atoms with Crippen molar-refractivity contribution in [2.75, 3.05) is 0 Å². The Morgan fingerprint density at radius 3 is 1.40 bits per heavy atom. The summed E-state index contributed by atoms with van der Waals surface area (Å²) in [5, 5.41) is 4.93. The lowest BCUT2D eigenvalue weighted by atomic mass is 9.65. The van der Waals surface area contributed by atoms with Crippen LogP contribution in [-0.2, 0) is 5.41 Å². The summed E-state index contributed by atoms with van der Waals surface area (Å²) >= 11 is 0. The second-order valence-electron chi connectivity index (χ2n) is 16.4. The zero-order valence-corrected chi connectivity index (χ0v) is 34.6. The van der Waals surface area contributed by atoms with Gasteiger partial charge in [-0.05, 0) is 87.0 Å². The van der Waals surface area contributed by atoms with E-state index in [1.807, 2.05) is 0 Å². The van der Waals surface area contributed by atoms with Crippen molar-refractivity contribution in [2.45, 2.75) is 5.41 Å². The summed E-state index contributed by atoms with van der Waals surface area (Å²) in [7, 11) is 0. The molecule has 63 heavy (non-hydrogen) atoms. The van der Waals surface area contributed by atoms with Gasteiger partial charge in [-0.2, -0.15) is 0 Å². The SMILES string of the molecule is c1ccc(-c2cccc(-n3c4cccc(-c5ccccc5)c4c4ccc5c(c6ccccc6n5-c5cccc(C(c6ccccc6)(c6ccccc6)c6ccccc6)c5)c43)c2)cc1. The molecular weight excluding hydrogens is 761 g/mol. The van der Waals surface area contributed by atoms with Crippen LogP contribution in [0.15, 0.2) is 255 Å². The van der Waals surface area contributed by atoms with E-state index in [1.165, 1.54) is 82.6 Å². The van der Waals surface area contributed by atoms with Gasteiger partial charge in [0.25, 0.3) is 0 Å². The van der Waals surface area contributed by atoms with Gasteiger partial charge in [0, 0.05) is 32.9 Å². The molecule has 12 rings (SSSR count). The number of aromatic nitrogens is 2. The third-order valence-corrected chi connectivity index (χ3v) is 13.0. The van der Waals surface area contributed by atoms with E-state index in [2.05, 4.69) is 264 Å². The molecule has 2 nitrogen and oxygen atoms in total. The summed E-state index contributed by atoms with van der Waals surface area (Å²) in [5.41, 5.74) is 16.1. The highest BCUT2D eigenvalue weighted by Gasteiger charge is 2.38. The number of para-hydroxylation sites is 1. The van der Waals surface area contributed by atoms with E-state index in [-0.39, 0.29) is 0 Å². The normalized spacial score (nSPS) is 11.8. The molecule has 0 amide bonds. The molecule has 2 aromatic heterocycles. The van der Waals surface area contributed by atoms with Crippen molar-refractivity contribution in [1.29, 1.82) is 0 Å². The first-order chi connectivity index (χ1) is 31.3. The zero-order chi connectivity index (χ0) is 41.7. The van der Waals surface area contributed by atoms with E-state index in [4.69, 9.17) is 0 Å². The predicted molar refractivity (Wildman–Crippen MR) is 264 cm³/mol. The quantitative estimate of drug-likeness (QED) is 0.135. The first-order valence-electron chi connectivity index (χ1n) is 21.8. The van der Waals surface area contributed by atoms with Crippen molar-refractivity contribution >= 4 is 43.6 Å². The minimum atomic E-state index is -0.574. The van der Waals surface area contributed by atoms with Crippen LogP contribution in [0.2, 0.25) is 0 Å². The molecule has 0 bridgehead atoms. The van der Waals surface area contributed by atoms with Gasteiger partial charge in [-0.1, -0.05) is 212 Å². The Labute approximate surface area is 367 Å². The lowest BCUT2D eigenvalue weighted by Crippen LogP contribution is -2.31. The molecule has 0 spiro atoms. The number of nitrogens with zero attached hydrogens (tertiary/aromatic N) is 2. The Bertz CT molecular complexity index is 3490. The summed E-state index contributed by atoms with van der Waals surface area (Å²) in [6.45, 7) is 0. The van der Waals surface area contributed by atoms with Gasteiger partial charge in [0.2, 0.25) is 0 Å². The number of fused-ring (bicyclic) bond motifs is 7. The van der Waals surface area contributed by atoms with E-state index >= 15 is 0 Å². The predicted octanol–water partition coefficient (Wildman–Crippen LogP) is 15.6. The second-order valence-corrected chi connectivity index (χ2v) is 16.4. The molecule has 296 valence electrons. The number of hydrogen-bond acceptors (Lipinski definition) is 0. The minimum Gasteiger partial charge on any atom is -0.309 e. The summed E-state index contributed by atoms with van der Waals surface area (Å²) in [4.78, 5) is 0. The largest absolute Gasteiger partial charge is 0.309 e. The highest BCUT2D eigenvalue weighted by molar-refractivity contribution is 6.28. The van der Waals surface area contributed by atoms with Gasteiger partial charge in [0.05, 0.1) is 27.5 Å². The van der Waals surface area contributed by atoms with Crippen LogP contribution in [0.4, 0.5) is 0 Å². The molecule has 0 unspecified atom stereocenters. The highest BCUT2D eigenvalue weighted by atomic mass is 15.0. The lowest BCUT2D eigenvalue weighted by molar-refractivity contribution is 0.744. The molecule has 0 saturated heterocycles. The van der Waals surface area contributed by atoms with Crippen LogP contribution >= 0.6 is 0 Å². The van der Waals surface area contributed by atoms with Gasteiger partial charge in [0.15, 0.2) is 0 Å².